The van der Waals surface area contributed by atoms with Gasteiger partial charge < -0.3 is 9.64 Å². The van der Waals surface area contributed by atoms with Gasteiger partial charge in [0.05, 0.1) is 12.5 Å². The monoisotopic (exact) mass is 1010 g/mol. The summed E-state index contributed by atoms with van der Waals surface area (Å²) >= 11 is 0. The number of allylic oxidation sites excluding steroid dienone is 2. The van der Waals surface area contributed by atoms with Crippen LogP contribution in [0, 0.1) is 5.92 Å². The summed E-state index contributed by atoms with van der Waals surface area (Å²) in [6.45, 7) is 11.2. The number of esters is 1. The van der Waals surface area contributed by atoms with E-state index in [-0.39, 0.29) is 17.8 Å². The minimum Gasteiger partial charge on any atom is -0.465 e. The third-order valence-corrected chi connectivity index (χ3v) is 16.0. The van der Waals surface area contributed by atoms with Gasteiger partial charge in [-0.25, -0.2) is 0 Å². The molecule has 4 heteroatoms. The molecule has 428 valence electrons. The summed E-state index contributed by atoms with van der Waals surface area (Å²) in [7, 11) is 0. The van der Waals surface area contributed by atoms with Gasteiger partial charge in [0.1, 0.15) is 0 Å². The number of hydrogen-bond donors (Lipinski definition) is 0. The number of hydrogen-bond acceptors (Lipinski definition) is 3. The number of amides is 1. The Morgan fingerprint density at radius 1 is 0.333 bits per heavy atom. The lowest BCUT2D eigenvalue weighted by Gasteiger charge is -2.25. The van der Waals surface area contributed by atoms with E-state index in [0.717, 1.165) is 58.0 Å². The van der Waals surface area contributed by atoms with E-state index in [1.165, 1.54) is 308 Å². The molecule has 0 aromatic rings. The molecule has 0 bridgehead atoms. The highest BCUT2D eigenvalue weighted by Gasteiger charge is 2.26. The first-order valence-corrected chi connectivity index (χ1v) is 33.7. The molecule has 0 spiro atoms. The number of nitrogens with zero attached hydrogens (tertiary/aromatic N) is 1. The Balaban J connectivity index is 3.99. The van der Waals surface area contributed by atoms with Crippen molar-refractivity contribution >= 4 is 11.9 Å². The van der Waals surface area contributed by atoms with Gasteiger partial charge in [-0.2, -0.15) is 0 Å². The second-order valence-electron chi connectivity index (χ2n) is 23.2. The number of ether oxygens (including phenoxy) is 1. The van der Waals surface area contributed by atoms with Crippen molar-refractivity contribution in [2.24, 2.45) is 5.92 Å². The molecule has 1 amide bonds. The van der Waals surface area contributed by atoms with Crippen LogP contribution in [-0.4, -0.2) is 36.5 Å². The van der Waals surface area contributed by atoms with Gasteiger partial charge in [-0.3, -0.25) is 9.59 Å². The zero-order chi connectivity index (χ0) is 52.2. The van der Waals surface area contributed by atoms with Crippen LogP contribution in [0.3, 0.4) is 0 Å². The van der Waals surface area contributed by atoms with Crippen LogP contribution in [0.15, 0.2) is 12.2 Å². The van der Waals surface area contributed by atoms with E-state index in [1.807, 2.05) is 0 Å². The zero-order valence-electron chi connectivity index (χ0n) is 50.1. The molecule has 0 aliphatic rings. The number of carbonyl (C=O) groups excluding carboxylic acids is 2. The Hall–Kier alpha value is -1.32. The molecule has 0 aliphatic carbocycles. The van der Waals surface area contributed by atoms with Gasteiger partial charge in [0, 0.05) is 19.5 Å². The van der Waals surface area contributed by atoms with Gasteiger partial charge in [0.2, 0.25) is 5.91 Å². The first kappa shape index (κ1) is 70.7. The molecule has 1 atom stereocenters. The van der Waals surface area contributed by atoms with Crippen molar-refractivity contribution in [1.29, 1.82) is 0 Å². The SMILES string of the molecule is CC/C=C/CCCCCCCCCCCCCCCCCCCCCCCCCCCCCCCCCCCCC(CC(=O)N(CCCCCCCC)CCCCCCCC)C(=O)OCCCCCCCC. The Morgan fingerprint density at radius 2 is 0.611 bits per heavy atom. The highest BCUT2D eigenvalue weighted by atomic mass is 16.5. The average molecular weight is 1010 g/mol. The highest BCUT2D eigenvalue weighted by Crippen LogP contribution is 2.22. The van der Waals surface area contributed by atoms with Crippen molar-refractivity contribution in [2.75, 3.05) is 19.7 Å². The molecule has 0 radical (unpaired) electrons. The molecule has 4 nitrogen and oxygen atoms in total. The Kier molecular flexibility index (Phi) is 61.1. The van der Waals surface area contributed by atoms with Gasteiger partial charge in [-0.1, -0.05) is 348 Å². The fourth-order valence-corrected chi connectivity index (χ4v) is 10.9. The molecule has 0 saturated heterocycles. The Morgan fingerprint density at radius 3 is 0.931 bits per heavy atom. The van der Waals surface area contributed by atoms with Gasteiger partial charge in [0.15, 0.2) is 0 Å². The first-order valence-electron chi connectivity index (χ1n) is 33.7. The van der Waals surface area contributed by atoms with Crippen LogP contribution in [0.2, 0.25) is 0 Å². The third-order valence-electron chi connectivity index (χ3n) is 16.0. The fraction of sp³-hybridized carbons (Fsp3) is 0.941. The van der Waals surface area contributed by atoms with Gasteiger partial charge >= 0.3 is 5.97 Å². The molecule has 72 heavy (non-hydrogen) atoms. The summed E-state index contributed by atoms with van der Waals surface area (Å²) < 4.78 is 5.88. The maximum atomic E-state index is 13.9. The summed E-state index contributed by atoms with van der Waals surface area (Å²) in [5, 5.41) is 0. The summed E-state index contributed by atoms with van der Waals surface area (Å²) in [6, 6.07) is 0. The molecule has 0 aromatic carbocycles. The smallest absolute Gasteiger partial charge is 0.309 e. The van der Waals surface area contributed by atoms with Crippen molar-refractivity contribution in [3.63, 3.8) is 0 Å². The maximum Gasteiger partial charge on any atom is 0.309 e. The van der Waals surface area contributed by atoms with E-state index < -0.39 is 0 Å². The van der Waals surface area contributed by atoms with Crippen LogP contribution in [-0.2, 0) is 14.3 Å². The molecule has 0 heterocycles. The molecule has 0 rings (SSSR count). The molecular formula is C68H133NO3. The van der Waals surface area contributed by atoms with Crippen LogP contribution < -0.4 is 0 Å². The van der Waals surface area contributed by atoms with Crippen molar-refractivity contribution in [3.8, 4) is 0 Å². The Labute approximate surface area is 454 Å². The fourth-order valence-electron chi connectivity index (χ4n) is 10.9. The van der Waals surface area contributed by atoms with E-state index >= 15 is 0 Å². The highest BCUT2D eigenvalue weighted by molar-refractivity contribution is 5.83. The predicted molar refractivity (Wildman–Crippen MR) is 321 cm³/mol. The first-order chi connectivity index (χ1) is 35.6. The topological polar surface area (TPSA) is 46.6 Å². The molecular weight excluding hydrogens is 879 g/mol. The van der Waals surface area contributed by atoms with Crippen molar-refractivity contribution in [3.05, 3.63) is 12.2 Å². The van der Waals surface area contributed by atoms with Crippen LogP contribution in [0.25, 0.3) is 0 Å². The number of rotatable bonds is 62. The van der Waals surface area contributed by atoms with E-state index in [9.17, 15) is 9.59 Å². The lowest BCUT2D eigenvalue weighted by Crippen LogP contribution is -2.35. The standard InChI is InChI=1S/C68H133NO3/c1-5-9-13-17-21-22-23-24-25-26-27-28-29-30-31-32-33-34-35-36-37-38-39-40-41-42-43-44-45-46-47-48-49-50-51-52-53-57-61-66(68(71)72-64-60-56-20-16-12-8-4)65-67(70)69(62-58-54-18-14-10-6-2)63-59-55-19-15-11-7-3/h9,13,66H,5-8,10-12,14-65H2,1-4H3/b13-9+. The van der Waals surface area contributed by atoms with E-state index in [0.29, 0.717) is 13.0 Å². The Bertz CT molecular complexity index is 1060. The van der Waals surface area contributed by atoms with Crippen LogP contribution in [0.4, 0.5) is 0 Å². The molecule has 0 N–H and O–H groups in total. The third kappa shape index (κ3) is 54.9. The quantitative estimate of drug-likeness (QED) is 0.0346. The minimum absolute atomic E-state index is 0.114. The summed E-state index contributed by atoms with van der Waals surface area (Å²) in [4.78, 5) is 29.5. The normalized spacial score (nSPS) is 12.1. The van der Waals surface area contributed by atoms with Gasteiger partial charge in [-0.05, 0) is 44.9 Å². The molecule has 1 unspecified atom stereocenters. The number of unbranched alkanes of at least 4 members (excludes halogenated alkanes) is 49. The average Bonchev–Trinajstić information content (AvgIpc) is 3.38. The van der Waals surface area contributed by atoms with E-state index in [2.05, 4.69) is 44.7 Å². The van der Waals surface area contributed by atoms with Crippen LogP contribution in [0.5, 0.6) is 0 Å². The van der Waals surface area contributed by atoms with Crippen LogP contribution >= 0.6 is 0 Å². The van der Waals surface area contributed by atoms with Gasteiger partial charge in [0.25, 0.3) is 0 Å². The van der Waals surface area contributed by atoms with Crippen LogP contribution in [0.1, 0.15) is 387 Å². The summed E-state index contributed by atoms with van der Waals surface area (Å²) in [5.74, 6) is -0.215. The van der Waals surface area contributed by atoms with E-state index in [4.69, 9.17) is 4.74 Å². The molecule has 0 saturated carbocycles. The lowest BCUT2D eigenvalue weighted by molar-refractivity contribution is -0.152. The maximum absolute atomic E-state index is 13.9. The second-order valence-corrected chi connectivity index (χ2v) is 23.2. The van der Waals surface area contributed by atoms with Crippen molar-refractivity contribution in [1.82, 2.24) is 4.90 Å². The largest absolute Gasteiger partial charge is 0.465 e. The van der Waals surface area contributed by atoms with Gasteiger partial charge in [-0.15, -0.1) is 0 Å². The lowest BCUT2D eigenvalue weighted by atomic mass is 9.96. The summed E-state index contributed by atoms with van der Waals surface area (Å²) in [5.41, 5.74) is 0. The van der Waals surface area contributed by atoms with Crippen molar-refractivity contribution < 1.29 is 14.3 Å². The zero-order valence-corrected chi connectivity index (χ0v) is 50.1. The van der Waals surface area contributed by atoms with E-state index in [1.54, 1.807) is 0 Å². The van der Waals surface area contributed by atoms with Crippen molar-refractivity contribution in [2.45, 2.75) is 387 Å². The second kappa shape index (κ2) is 62.2. The minimum atomic E-state index is -0.290. The molecule has 0 fully saturated rings. The summed E-state index contributed by atoms with van der Waals surface area (Å²) in [6.07, 6.45) is 78.3. The molecule has 0 aliphatic heterocycles. The molecule has 0 aromatic heterocycles. The number of carbonyl (C=O) groups is 2. The predicted octanol–water partition coefficient (Wildman–Crippen LogP) is 23.5.